The minimum absolute atomic E-state index is 0.0744. The van der Waals surface area contributed by atoms with Crippen LogP contribution in [-0.4, -0.2) is 25.9 Å². The molecule has 0 saturated carbocycles. The number of amidine groups is 1. The number of allylic oxidation sites excluding steroid dienone is 1. The molecule has 0 aliphatic carbocycles. The number of benzene rings is 1. The van der Waals surface area contributed by atoms with Crippen LogP contribution in [0.1, 0.15) is 0 Å². The summed E-state index contributed by atoms with van der Waals surface area (Å²) in [5, 5.41) is 20.4. The molecule has 2 N–H and O–H groups in total. The second-order valence-corrected chi connectivity index (χ2v) is 6.86. The van der Waals surface area contributed by atoms with Crippen molar-refractivity contribution in [2.45, 2.75) is 4.90 Å². The molecule has 112 valence electrons. The molecule has 7 nitrogen and oxygen atoms in total. The SMILES string of the molecule is N#CC(C#N)=CNc1ccc(S(=O)(=O)NC2=NCCS2)cc1. The summed E-state index contributed by atoms with van der Waals surface area (Å²) in [4.78, 5) is 4.15. The van der Waals surface area contributed by atoms with Gasteiger partial charge in [-0.15, -0.1) is 0 Å². The third kappa shape index (κ3) is 4.01. The highest BCUT2D eigenvalue weighted by Gasteiger charge is 2.18. The van der Waals surface area contributed by atoms with Crippen LogP contribution in [0, 0.1) is 22.7 Å². The third-order valence-corrected chi connectivity index (χ3v) is 4.97. The minimum Gasteiger partial charge on any atom is -0.360 e. The van der Waals surface area contributed by atoms with Crippen LogP contribution in [0.5, 0.6) is 0 Å². The van der Waals surface area contributed by atoms with Crippen LogP contribution in [0.2, 0.25) is 0 Å². The van der Waals surface area contributed by atoms with E-state index in [0.717, 1.165) is 5.75 Å². The van der Waals surface area contributed by atoms with E-state index in [0.29, 0.717) is 17.4 Å². The Morgan fingerprint density at radius 1 is 1.27 bits per heavy atom. The molecule has 22 heavy (non-hydrogen) atoms. The summed E-state index contributed by atoms with van der Waals surface area (Å²) < 4.78 is 26.7. The van der Waals surface area contributed by atoms with E-state index in [4.69, 9.17) is 10.5 Å². The fourth-order valence-corrected chi connectivity index (χ4v) is 3.58. The molecule has 9 heteroatoms. The van der Waals surface area contributed by atoms with Crippen molar-refractivity contribution in [1.29, 1.82) is 10.5 Å². The summed E-state index contributed by atoms with van der Waals surface area (Å²) >= 11 is 1.36. The first-order valence-corrected chi connectivity index (χ1v) is 8.59. The van der Waals surface area contributed by atoms with E-state index in [9.17, 15) is 8.42 Å². The first-order valence-electron chi connectivity index (χ1n) is 6.12. The minimum atomic E-state index is -3.65. The number of nitrogens with zero attached hydrogens (tertiary/aromatic N) is 3. The molecule has 0 aromatic heterocycles. The summed E-state index contributed by atoms with van der Waals surface area (Å²) in [5.41, 5.74) is 0.490. The van der Waals surface area contributed by atoms with Crippen LogP contribution >= 0.6 is 11.8 Å². The normalized spacial score (nSPS) is 13.5. The Kier molecular flexibility index (Phi) is 5.04. The highest BCUT2D eigenvalue weighted by molar-refractivity contribution is 8.15. The smallest absolute Gasteiger partial charge is 0.263 e. The largest absolute Gasteiger partial charge is 0.360 e. The predicted octanol–water partition coefficient (Wildman–Crippen LogP) is 1.41. The van der Waals surface area contributed by atoms with Crippen LogP contribution in [0.4, 0.5) is 5.69 Å². The molecular formula is C13H11N5O2S2. The van der Waals surface area contributed by atoms with E-state index < -0.39 is 10.0 Å². The van der Waals surface area contributed by atoms with E-state index in [2.05, 4.69) is 15.0 Å². The maximum absolute atomic E-state index is 12.1. The van der Waals surface area contributed by atoms with Gasteiger partial charge in [0.15, 0.2) is 5.17 Å². The molecule has 0 spiro atoms. The molecule has 0 saturated heterocycles. The lowest BCUT2D eigenvalue weighted by atomic mass is 10.3. The number of thioether (sulfide) groups is 1. The number of rotatable bonds is 4. The van der Waals surface area contributed by atoms with E-state index in [1.807, 2.05) is 0 Å². The second kappa shape index (κ2) is 6.98. The highest BCUT2D eigenvalue weighted by Crippen LogP contribution is 2.17. The Bertz CT molecular complexity index is 782. The molecular weight excluding hydrogens is 322 g/mol. The molecule has 1 aromatic rings. The summed E-state index contributed by atoms with van der Waals surface area (Å²) in [5.74, 6) is 0.771. The molecule has 0 fully saturated rings. The van der Waals surface area contributed by atoms with Crippen LogP contribution in [0.15, 0.2) is 45.9 Å². The third-order valence-electron chi connectivity index (χ3n) is 2.60. The zero-order valence-corrected chi connectivity index (χ0v) is 12.9. The van der Waals surface area contributed by atoms with Gasteiger partial charge < -0.3 is 5.32 Å². The van der Waals surface area contributed by atoms with Gasteiger partial charge in [0.25, 0.3) is 10.0 Å². The zero-order valence-electron chi connectivity index (χ0n) is 11.3. The molecule has 1 aromatic carbocycles. The van der Waals surface area contributed by atoms with Gasteiger partial charge >= 0.3 is 0 Å². The molecule has 0 atom stereocenters. The number of aliphatic imine (C=N–C) groups is 1. The van der Waals surface area contributed by atoms with Gasteiger partial charge in [-0.3, -0.25) is 9.71 Å². The molecule has 0 amide bonds. The number of nitrogens with one attached hydrogen (secondary N) is 2. The molecule has 1 heterocycles. The number of nitriles is 2. The van der Waals surface area contributed by atoms with E-state index in [1.54, 1.807) is 24.3 Å². The van der Waals surface area contributed by atoms with Crippen LogP contribution < -0.4 is 10.0 Å². The lowest BCUT2D eigenvalue weighted by Crippen LogP contribution is -2.27. The highest BCUT2D eigenvalue weighted by atomic mass is 32.2. The van der Waals surface area contributed by atoms with Crippen molar-refractivity contribution < 1.29 is 8.42 Å². The van der Waals surface area contributed by atoms with Crippen LogP contribution in [-0.2, 0) is 10.0 Å². The fraction of sp³-hybridized carbons (Fsp3) is 0.154. The van der Waals surface area contributed by atoms with Crippen molar-refractivity contribution in [2.75, 3.05) is 17.6 Å². The Labute approximate surface area is 132 Å². The van der Waals surface area contributed by atoms with Crippen molar-refractivity contribution in [3.63, 3.8) is 0 Å². The van der Waals surface area contributed by atoms with E-state index in [1.165, 1.54) is 30.1 Å². The molecule has 1 aliphatic rings. The lowest BCUT2D eigenvalue weighted by Gasteiger charge is -2.08. The lowest BCUT2D eigenvalue weighted by molar-refractivity contribution is 0.593. The standard InChI is InChI=1S/C13H11N5O2S2/c14-7-10(8-15)9-17-11-1-3-12(4-2-11)22(19,20)18-13-16-5-6-21-13/h1-4,9,17H,5-6H2,(H,16,18). The molecule has 1 aliphatic heterocycles. The topological polar surface area (TPSA) is 118 Å². The number of sulfonamides is 1. The maximum atomic E-state index is 12.1. The van der Waals surface area contributed by atoms with E-state index >= 15 is 0 Å². The van der Waals surface area contributed by atoms with Gasteiger partial charge in [-0.25, -0.2) is 8.42 Å². The second-order valence-electron chi connectivity index (χ2n) is 4.09. The number of hydrogen-bond acceptors (Lipinski definition) is 7. The average Bonchev–Trinajstić information content (AvgIpc) is 3.01. The molecule has 0 radical (unpaired) electrons. The van der Waals surface area contributed by atoms with Gasteiger partial charge in [-0.05, 0) is 24.3 Å². The van der Waals surface area contributed by atoms with Crippen molar-refractivity contribution in [1.82, 2.24) is 4.72 Å². The monoisotopic (exact) mass is 333 g/mol. The van der Waals surface area contributed by atoms with Crippen molar-refractivity contribution in [3.05, 3.63) is 36.0 Å². The van der Waals surface area contributed by atoms with E-state index in [-0.39, 0.29) is 10.5 Å². The fourth-order valence-electron chi connectivity index (χ4n) is 1.55. The maximum Gasteiger partial charge on any atom is 0.263 e. The first-order chi connectivity index (χ1) is 10.5. The number of anilines is 1. The first kappa shape index (κ1) is 15.9. The quantitative estimate of drug-likeness (QED) is 0.804. The van der Waals surface area contributed by atoms with Crippen molar-refractivity contribution >= 4 is 32.6 Å². The predicted molar refractivity (Wildman–Crippen MR) is 84.5 cm³/mol. The van der Waals surface area contributed by atoms with Gasteiger partial charge in [0.05, 0.1) is 11.4 Å². The Hall–Kier alpha value is -2.49. The molecule has 2 rings (SSSR count). The number of hydrogen-bond donors (Lipinski definition) is 2. The summed E-state index contributed by atoms with van der Waals surface area (Å²) in [6, 6.07) is 9.37. The zero-order chi connectivity index (χ0) is 16.0. The van der Waals surface area contributed by atoms with Gasteiger partial charge in [0.2, 0.25) is 0 Å². The summed E-state index contributed by atoms with van der Waals surface area (Å²) in [6.07, 6.45) is 1.26. The van der Waals surface area contributed by atoms with Gasteiger partial charge in [-0.2, -0.15) is 10.5 Å². The van der Waals surface area contributed by atoms with Crippen LogP contribution in [0.25, 0.3) is 0 Å². The Morgan fingerprint density at radius 3 is 2.50 bits per heavy atom. The average molecular weight is 333 g/mol. The molecule has 0 unspecified atom stereocenters. The Morgan fingerprint density at radius 2 is 1.95 bits per heavy atom. The van der Waals surface area contributed by atoms with Gasteiger partial charge in [0.1, 0.15) is 17.7 Å². The van der Waals surface area contributed by atoms with Gasteiger partial charge in [-0.1, -0.05) is 11.8 Å². The van der Waals surface area contributed by atoms with Crippen LogP contribution in [0.3, 0.4) is 0 Å². The van der Waals surface area contributed by atoms with Gasteiger partial charge in [0, 0.05) is 17.6 Å². The summed E-state index contributed by atoms with van der Waals surface area (Å²) in [7, 11) is -3.65. The molecule has 0 bridgehead atoms. The van der Waals surface area contributed by atoms with Crippen molar-refractivity contribution in [2.24, 2.45) is 4.99 Å². The Balaban J connectivity index is 2.10. The van der Waals surface area contributed by atoms with Crippen molar-refractivity contribution in [3.8, 4) is 12.1 Å². The summed E-state index contributed by atoms with van der Waals surface area (Å²) in [6.45, 7) is 0.609.